The van der Waals surface area contributed by atoms with Gasteiger partial charge < -0.3 is 5.32 Å². The summed E-state index contributed by atoms with van der Waals surface area (Å²) in [5.74, 6) is -1.31. The summed E-state index contributed by atoms with van der Waals surface area (Å²) in [6.45, 7) is 4.17. The zero-order valence-corrected chi connectivity index (χ0v) is 16.9. The van der Waals surface area contributed by atoms with Crippen LogP contribution in [0.25, 0.3) is 0 Å². The van der Waals surface area contributed by atoms with Crippen molar-refractivity contribution in [2.45, 2.75) is 50.5 Å². The Morgan fingerprint density at radius 3 is 2.68 bits per heavy atom. The molecule has 1 aliphatic rings. The number of anilines is 1. The first-order chi connectivity index (χ1) is 13.3. The Morgan fingerprint density at radius 1 is 1.21 bits per heavy atom. The van der Waals surface area contributed by atoms with Crippen molar-refractivity contribution >= 4 is 21.6 Å². The van der Waals surface area contributed by atoms with Gasteiger partial charge in [0.25, 0.3) is 5.91 Å². The average Bonchev–Trinajstić information content (AvgIpc) is 2.68. The lowest BCUT2D eigenvalue weighted by atomic mass is 10.1. The first kappa shape index (κ1) is 20.5. The van der Waals surface area contributed by atoms with Gasteiger partial charge in [-0.1, -0.05) is 31.5 Å². The molecule has 28 heavy (non-hydrogen) atoms. The third-order valence-corrected chi connectivity index (χ3v) is 7.20. The highest BCUT2D eigenvalue weighted by molar-refractivity contribution is 7.89. The lowest BCUT2D eigenvalue weighted by molar-refractivity contribution is 0.102. The van der Waals surface area contributed by atoms with E-state index in [1.807, 2.05) is 32.0 Å². The summed E-state index contributed by atoms with van der Waals surface area (Å²) < 4.78 is 41.8. The van der Waals surface area contributed by atoms with E-state index < -0.39 is 26.6 Å². The Labute approximate surface area is 165 Å². The number of halogens is 1. The maximum atomic E-state index is 14.4. The molecule has 0 saturated carbocycles. The van der Waals surface area contributed by atoms with Crippen molar-refractivity contribution in [1.29, 1.82) is 0 Å². The van der Waals surface area contributed by atoms with E-state index >= 15 is 0 Å². The van der Waals surface area contributed by atoms with Gasteiger partial charge in [0.05, 0.1) is 0 Å². The lowest BCUT2D eigenvalue weighted by Crippen LogP contribution is -2.42. The fourth-order valence-corrected chi connectivity index (χ4v) is 5.33. The van der Waals surface area contributed by atoms with Crippen molar-refractivity contribution in [3.63, 3.8) is 0 Å². The zero-order valence-electron chi connectivity index (χ0n) is 16.1. The third kappa shape index (κ3) is 4.10. The molecular weight excluding hydrogens is 379 g/mol. The van der Waals surface area contributed by atoms with E-state index in [0.717, 1.165) is 43.4 Å². The molecule has 1 fully saturated rings. The van der Waals surface area contributed by atoms with Crippen LogP contribution < -0.4 is 5.32 Å². The maximum Gasteiger partial charge on any atom is 0.255 e. The fourth-order valence-electron chi connectivity index (χ4n) is 3.54. The molecule has 1 aliphatic heterocycles. The van der Waals surface area contributed by atoms with E-state index in [1.165, 1.54) is 10.4 Å². The Kier molecular flexibility index (Phi) is 6.15. The second-order valence-corrected chi connectivity index (χ2v) is 8.93. The van der Waals surface area contributed by atoms with Crippen molar-refractivity contribution in [3.05, 3.63) is 59.4 Å². The van der Waals surface area contributed by atoms with Crippen LogP contribution >= 0.6 is 0 Å². The van der Waals surface area contributed by atoms with Crippen molar-refractivity contribution in [1.82, 2.24) is 4.31 Å². The second-order valence-electron chi connectivity index (χ2n) is 7.07. The monoisotopic (exact) mass is 404 g/mol. The molecule has 1 atom stereocenters. The molecule has 7 heteroatoms. The zero-order chi connectivity index (χ0) is 20.3. The summed E-state index contributed by atoms with van der Waals surface area (Å²) >= 11 is 0. The van der Waals surface area contributed by atoms with Crippen LogP contribution in [0.2, 0.25) is 0 Å². The van der Waals surface area contributed by atoms with Gasteiger partial charge in [-0.2, -0.15) is 4.31 Å². The molecule has 150 valence electrons. The minimum atomic E-state index is -4.01. The van der Waals surface area contributed by atoms with Gasteiger partial charge in [0.1, 0.15) is 10.7 Å². The second kappa shape index (κ2) is 8.41. The number of benzene rings is 2. The van der Waals surface area contributed by atoms with E-state index in [-0.39, 0.29) is 11.6 Å². The predicted molar refractivity (Wildman–Crippen MR) is 107 cm³/mol. The summed E-state index contributed by atoms with van der Waals surface area (Å²) in [6, 6.07) is 10.7. The Hall–Kier alpha value is -2.25. The number of rotatable bonds is 5. The molecule has 0 aliphatic carbocycles. The third-order valence-electron chi connectivity index (χ3n) is 5.17. The van der Waals surface area contributed by atoms with Gasteiger partial charge in [-0.25, -0.2) is 12.8 Å². The van der Waals surface area contributed by atoms with Crippen molar-refractivity contribution in [3.8, 4) is 0 Å². The van der Waals surface area contributed by atoms with Crippen LogP contribution in [0.4, 0.5) is 10.1 Å². The quantitative estimate of drug-likeness (QED) is 0.812. The van der Waals surface area contributed by atoms with Crippen molar-refractivity contribution in [2.75, 3.05) is 11.9 Å². The molecule has 1 amide bonds. The molecule has 2 aromatic rings. The molecule has 0 radical (unpaired) electrons. The molecule has 1 heterocycles. The van der Waals surface area contributed by atoms with Gasteiger partial charge in [0, 0.05) is 23.8 Å². The number of carbonyl (C=O) groups excluding carboxylic acids is 1. The van der Waals surface area contributed by atoms with Crippen LogP contribution in [-0.2, 0) is 16.4 Å². The van der Waals surface area contributed by atoms with Crippen LogP contribution in [0.15, 0.2) is 47.4 Å². The fraction of sp³-hybridized carbons (Fsp3) is 0.381. The van der Waals surface area contributed by atoms with Gasteiger partial charge in [-0.05, 0) is 56.0 Å². The largest absolute Gasteiger partial charge is 0.322 e. The molecular formula is C21H25FN2O3S. The molecule has 0 unspecified atom stereocenters. The number of aryl methyl sites for hydroxylation is 1. The van der Waals surface area contributed by atoms with Gasteiger partial charge in [-0.15, -0.1) is 0 Å². The van der Waals surface area contributed by atoms with Crippen LogP contribution in [0.3, 0.4) is 0 Å². The minimum Gasteiger partial charge on any atom is -0.322 e. The van der Waals surface area contributed by atoms with E-state index in [2.05, 4.69) is 5.32 Å². The number of nitrogens with one attached hydrogen (secondary N) is 1. The smallest absolute Gasteiger partial charge is 0.255 e. The van der Waals surface area contributed by atoms with Crippen LogP contribution in [0, 0.1) is 5.82 Å². The molecule has 1 saturated heterocycles. The number of piperidine rings is 1. The molecule has 0 spiro atoms. The normalized spacial score (nSPS) is 18.0. The lowest BCUT2D eigenvalue weighted by Gasteiger charge is -2.32. The highest BCUT2D eigenvalue weighted by Crippen LogP contribution is 2.27. The Morgan fingerprint density at radius 2 is 1.96 bits per heavy atom. The maximum absolute atomic E-state index is 14.4. The van der Waals surface area contributed by atoms with E-state index in [1.54, 1.807) is 6.07 Å². The summed E-state index contributed by atoms with van der Waals surface area (Å²) in [5, 5.41) is 2.79. The topological polar surface area (TPSA) is 66.5 Å². The minimum absolute atomic E-state index is 0.107. The summed E-state index contributed by atoms with van der Waals surface area (Å²) in [7, 11) is -4.01. The molecule has 2 aromatic carbocycles. The number of hydrogen-bond donors (Lipinski definition) is 1. The summed E-state index contributed by atoms with van der Waals surface area (Å²) in [6.07, 6.45) is 3.19. The number of para-hydroxylation sites is 1. The average molecular weight is 405 g/mol. The molecule has 0 aromatic heterocycles. The number of hydrogen-bond acceptors (Lipinski definition) is 3. The Balaban J connectivity index is 1.92. The first-order valence-electron chi connectivity index (χ1n) is 9.55. The summed E-state index contributed by atoms with van der Waals surface area (Å²) in [4.78, 5) is 12.2. The SMILES string of the molecule is CCc1ccccc1NC(=O)c1ccc(F)c(S(=O)(=O)N2CCCC[C@@H]2C)c1. The molecule has 3 rings (SSSR count). The van der Waals surface area contributed by atoms with Gasteiger partial charge in [0.15, 0.2) is 0 Å². The highest BCUT2D eigenvalue weighted by Gasteiger charge is 2.33. The van der Waals surface area contributed by atoms with E-state index in [4.69, 9.17) is 0 Å². The number of nitrogens with zero attached hydrogens (tertiary/aromatic N) is 1. The number of sulfonamides is 1. The van der Waals surface area contributed by atoms with Crippen LogP contribution in [0.1, 0.15) is 49.0 Å². The van der Waals surface area contributed by atoms with Gasteiger partial charge >= 0.3 is 0 Å². The standard InChI is InChI=1S/C21H25FN2O3S/c1-3-16-9-4-5-10-19(16)23-21(25)17-11-12-18(22)20(14-17)28(26,27)24-13-7-6-8-15(24)2/h4-5,9-12,14-15H,3,6-8,13H2,1-2H3,(H,23,25)/t15-/m0/s1. The summed E-state index contributed by atoms with van der Waals surface area (Å²) in [5.41, 5.74) is 1.73. The highest BCUT2D eigenvalue weighted by atomic mass is 32.2. The number of amides is 1. The van der Waals surface area contributed by atoms with Gasteiger partial charge in [-0.3, -0.25) is 4.79 Å². The predicted octanol–water partition coefficient (Wildman–Crippen LogP) is 4.20. The molecule has 5 nitrogen and oxygen atoms in total. The van der Waals surface area contributed by atoms with Crippen LogP contribution in [0.5, 0.6) is 0 Å². The number of carbonyl (C=O) groups is 1. The van der Waals surface area contributed by atoms with Crippen LogP contribution in [-0.4, -0.2) is 31.2 Å². The van der Waals surface area contributed by atoms with Crippen molar-refractivity contribution < 1.29 is 17.6 Å². The van der Waals surface area contributed by atoms with Crippen molar-refractivity contribution in [2.24, 2.45) is 0 Å². The van der Waals surface area contributed by atoms with Gasteiger partial charge in [0.2, 0.25) is 10.0 Å². The van der Waals surface area contributed by atoms with E-state index in [0.29, 0.717) is 12.2 Å². The first-order valence-corrected chi connectivity index (χ1v) is 11.0. The molecule has 1 N–H and O–H groups in total. The van der Waals surface area contributed by atoms with E-state index in [9.17, 15) is 17.6 Å². The Bertz CT molecular complexity index is 975. The molecule has 0 bridgehead atoms.